The molecule has 32 heavy (non-hydrogen) atoms. The molecule has 1 heterocycles. The Labute approximate surface area is 190 Å². The lowest BCUT2D eigenvalue weighted by Crippen LogP contribution is -2.67. The number of amides is 2. The zero-order chi connectivity index (χ0) is 23.1. The normalized spacial score (nSPS) is 26.6. The van der Waals surface area contributed by atoms with Crippen LogP contribution in [0.25, 0.3) is 0 Å². The largest absolute Gasteiger partial charge is 0.484 e. The molecule has 8 nitrogen and oxygen atoms in total. The fourth-order valence-electron chi connectivity index (χ4n) is 4.96. The van der Waals surface area contributed by atoms with Crippen LogP contribution in [0.1, 0.15) is 55.5 Å². The molecule has 3 fully saturated rings. The molecule has 2 bridgehead atoms. The van der Waals surface area contributed by atoms with Gasteiger partial charge in [0, 0.05) is 24.2 Å². The Hall–Kier alpha value is -2.68. The maximum Gasteiger partial charge on any atom is 0.291 e. The zero-order valence-electron chi connectivity index (χ0n) is 18.4. The maximum atomic E-state index is 13.6. The number of carbonyl (C=O) groups excluding carboxylic acids is 2. The van der Waals surface area contributed by atoms with Crippen LogP contribution in [-0.4, -0.2) is 44.3 Å². The smallest absolute Gasteiger partial charge is 0.291 e. The van der Waals surface area contributed by atoms with E-state index in [-0.39, 0.29) is 52.0 Å². The number of rotatable bonds is 6. The van der Waals surface area contributed by atoms with Crippen molar-refractivity contribution in [2.75, 3.05) is 6.61 Å². The van der Waals surface area contributed by atoms with Gasteiger partial charge >= 0.3 is 0 Å². The number of aryl methyl sites for hydroxylation is 2. The van der Waals surface area contributed by atoms with Crippen molar-refractivity contribution in [3.05, 3.63) is 40.7 Å². The zero-order valence-corrected chi connectivity index (χ0v) is 19.1. The van der Waals surface area contributed by atoms with Gasteiger partial charge in [-0.05, 0) is 57.1 Å². The van der Waals surface area contributed by atoms with E-state index in [0.717, 1.165) is 38.2 Å². The average molecular weight is 464 g/mol. The highest BCUT2D eigenvalue weighted by molar-refractivity contribution is 6.30. The highest BCUT2D eigenvalue weighted by atomic mass is 35.5. The van der Waals surface area contributed by atoms with E-state index in [0.29, 0.717) is 5.82 Å². The number of aromatic nitrogens is 3. The van der Waals surface area contributed by atoms with Crippen LogP contribution >= 0.6 is 11.6 Å². The summed E-state index contributed by atoms with van der Waals surface area (Å²) in [5.74, 6) is 0.172. The summed E-state index contributed by atoms with van der Waals surface area (Å²) in [6, 6.07) is 4.07. The monoisotopic (exact) mass is 463 g/mol. The number of hydrogen-bond acceptors (Lipinski definition) is 5. The number of hydrogen-bond donors (Lipinski definition) is 2. The molecule has 3 aliphatic carbocycles. The van der Waals surface area contributed by atoms with E-state index in [4.69, 9.17) is 16.3 Å². The second kappa shape index (κ2) is 8.35. The molecule has 172 valence electrons. The molecular formula is C22H27ClFN5O3. The van der Waals surface area contributed by atoms with Gasteiger partial charge in [0.25, 0.3) is 11.8 Å². The van der Waals surface area contributed by atoms with Gasteiger partial charge in [-0.1, -0.05) is 18.5 Å². The molecule has 0 spiro atoms. The SMILES string of the molecule is Cc1nc(C(=O)NC23CCC(NC(=O)COc4ccc(Cl)c(F)c4)(CC2)C(C)C3)nn1C. The van der Waals surface area contributed by atoms with Gasteiger partial charge < -0.3 is 15.4 Å². The summed E-state index contributed by atoms with van der Waals surface area (Å²) in [7, 11) is 1.75. The Bertz CT molecular complexity index is 1030. The summed E-state index contributed by atoms with van der Waals surface area (Å²) >= 11 is 5.67. The number of carbonyl (C=O) groups is 2. The molecule has 0 radical (unpaired) electrons. The minimum atomic E-state index is -0.592. The lowest BCUT2D eigenvalue weighted by Gasteiger charge is -2.57. The first-order valence-electron chi connectivity index (χ1n) is 10.7. The molecule has 5 rings (SSSR count). The van der Waals surface area contributed by atoms with Crippen molar-refractivity contribution in [1.82, 2.24) is 25.4 Å². The van der Waals surface area contributed by atoms with Gasteiger partial charge in [-0.15, -0.1) is 5.10 Å². The third kappa shape index (κ3) is 4.30. The van der Waals surface area contributed by atoms with Crippen LogP contribution in [0.4, 0.5) is 4.39 Å². The average Bonchev–Trinajstić information content (AvgIpc) is 3.09. The number of benzene rings is 1. The summed E-state index contributed by atoms with van der Waals surface area (Å²) in [5, 5.41) is 10.5. The standard InChI is InChI=1S/C22H27ClFN5O3/c1-13-11-21(27-20(31)19-25-14(2)29(3)28-19)6-8-22(13,9-7-21)26-18(30)12-32-15-4-5-16(23)17(24)10-15/h4-5,10,13H,6-9,11-12H2,1-3H3,(H,26,30)(H,27,31). The molecule has 2 N–H and O–H groups in total. The number of ether oxygens (including phenoxy) is 1. The van der Waals surface area contributed by atoms with Crippen molar-refractivity contribution in [2.24, 2.45) is 13.0 Å². The number of nitrogens with one attached hydrogen (secondary N) is 2. The van der Waals surface area contributed by atoms with Crippen LogP contribution < -0.4 is 15.4 Å². The Morgan fingerprint density at radius 2 is 2.00 bits per heavy atom. The summed E-state index contributed by atoms with van der Waals surface area (Å²) < 4.78 is 20.6. The molecule has 0 saturated heterocycles. The van der Waals surface area contributed by atoms with E-state index in [2.05, 4.69) is 27.6 Å². The number of fused-ring (bicyclic) bond motifs is 3. The van der Waals surface area contributed by atoms with E-state index >= 15 is 0 Å². The van der Waals surface area contributed by atoms with E-state index < -0.39 is 5.82 Å². The van der Waals surface area contributed by atoms with Crippen LogP contribution in [0.3, 0.4) is 0 Å². The fraction of sp³-hybridized carbons (Fsp3) is 0.545. The van der Waals surface area contributed by atoms with E-state index in [1.54, 1.807) is 18.7 Å². The van der Waals surface area contributed by atoms with Gasteiger partial charge in [0.1, 0.15) is 17.4 Å². The molecule has 0 aliphatic heterocycles. The van der Waals surface area contributed by atoms with Crippen molar-refractivity contribution in [2.45, 2.75) is 57.0 Å². The molecule has 3 saturated carbocycles. The first kappa shape index (κ1) is 22.5. The third-order valence-corrected chi connectivity index (χ3v) is 7.26. The van der Waals surface area contributed by atoms with Gasteiger partial charge in [-0.2, -0.15) is 0 Å². The Morgan fingerprint density at radius 1 is 1.28 bits per heavy atom. The second-order valence-corrected chi connectivity index (χ2v) is 9.42. The van der Waals surface area contributed by atoms with Crippen molar-refractivity contribution in [3.63, 3.8) is 0 Å². The van der Waals surface area contributed by atoms with E-state index in [9.17, 15) is 14.0 Å². The van der Waals surface area contributed by atoms with E-state index in [1.165, 1.54) is 12.1 Å². The van der Waals surface area contributed by atoms with Crippen LogP contribution in [0.5, 0.6) is 5.75 Å². The maximum absolute atomic E-state index is 13.6. The summed E-state index contributed by atoms with van der Waals surface area (Å²) in [6.45, 7) is 3.69. The number of halogens is 2. The van der Waals surface area contributed by atoms with Gasteiger partial charge in [-0.25, -0.2) is 9.37 Å². The molecular weight excluding hydrogens is 437 g/mol. The van der Waals surface area contributed by atoms with Crippen LogP contribution in [0, 0.1) is 18.7 Å². The van der Waals surface area contributed by atoms with Crippen molar-refractivity contribution < 1.29 is 18.7 Å². The Balaban J connectivity index is 1.35. The Morgan fingerprint density at radius 3 is 2.59 bits per heavy atom. The van der Waals surface area contributed by atoms with Crippen LogP contribution in [0.2, 0.25) is 5.02 Å². The molecule has 10 heteroatoms. The van der Waals surface area contributed by atoms with Gasteiger partial charge in [0.2, 0.25) is 5.82 Å². The highest BCUT2D eigenvalue weighted by Gasteiger charge is 2.54. The first-order chi connectivity index (χ1) is 15.1. The second-order valence-electron chi connectivity index (χ2n) is 9.01. The van der Waals surface area contributed by atoms with Crippen molar-refractivity contribution in [1.29, 1.82) is 0 Å². The third-order valence-electron chi connectivity index (χ3n) is 6.95. The topological polar surface area (TPSA) is 98.1 Å². The lowest BCUT2D eigenvalue weighted by atomic mass is 9.56. The molecule has 2 aromatic rings. The van der Waals surface area contributed by atoms with Crippen LogP contribution in [-0.2, 0) is 11.8 Å². The highest BCUT2D eigenvalue weighted by Crippen LogP contribution is 2.50. The molecule has 1 unspecified atom stereocenters. The van der Waals surface area contributed by atoms with Crippen molar-refractivity contribution >= 4 is 23.4 Å². The van der Waals surface area contributed by atoms with Crippen molar-refractivity contribution in [3.8, 4) is 5.75 Å². The van der Waals surface area contributed by atoms with Gasteiger partial charge in [-0.3, -0.25) is 14.3 Å². The van der Waals surface area contributed by atoms with E-state index in [1.807, 2.05) is 0 Å². The summed E-state index contributed by atoms with van der Waals surface area (Å²) in [6.07, 6.45) is 3.79. The minimum Gasteiger partial charge on any atom is -0.484 e. The molecule has 1 aromatic carbocycles. The number of nitrogens with zero attached hydrogens (tertiary/aromatic N) is 3. The summed E-state index contributed by atoms with van der Waals surface area (Å²) in [4.78, 5) is 29.5. The predicted molar refractivity (Wildman–Crippen MR) is 116 cm³/mol. The minimum absolute atomic E-state index is 0.00321. The van der Waals surface area contributed by atoms with Crippen LogP contribution in [0.15, 0.2) is 18.2 Å². The molecule has 2 amide bonds. The lowest BCUT2D eigenvalue weighted by molar-refractivity contribution is -0.128. The van der Waals surface area contributed by atoms with Gasteiger partial charge in [0.05, 0.1) is 5.02 Å². The molecule has 3 aliphatic rings. The fourth-order valence-corrected chi connectivity index (χ4v) is 5.08. The molecule has 1 atom stereocenters. The first-order valence-corrected chi connectivity index (χ1v) is 11.1. The summed E-state index contributed by atoms with van der Waals surface area (Å²) in [5.41, 5.74) is -0.647. The quantitative estimate of drug-likeness (QED) is 0.686. The molecule has 1 aromatic heterocycles. The predicted octanol–water partition coefficient (Wildman–Crippen LogP) is 2.93. The Kier molecular flexibility index (Phi) is 5.87. The van der Waals surface area contributed by atoms with Gasteiger partial charge in [0.15, 0.2) is 6.61 Å².